The highest BCUT2D eigenvalue weighted by molar-refractivity contribution is 6.33. The van der Waals surface area contributed by atoms with Gasteiger partial charge >= 0.3 is 0 Å². The number of halogens is 1. The number of hydrogen-bond donors (Lipinski definition) is 1. The molecule has 18 heavy (non-hydrogen) atoms. The Morgan fingerprint density at radius 2 is 1.67 bits per heavy atom. The minimum Gasteiger partial charge on any atom is -0.310 e. The molecule has 0 unspecified atom stereocenters. The molecule has 0 aliphatic heterocycles. The molecule has 0 saturated heterocycles. The normalized spacial score (nSPS) is 10.9. The van der Waals surface area contributed by atoms with Crippen molar-refractivity contribution in [1.29, 1.82) is 0 Å². The molecule has 0 amide bonds. The van der Waals surface area contributed by atoms with Gasteiger partial charge in [0.25, 0.3) is 0 Å². The van der Waals surface area contributed by atoms with Crippen molar-refractivity contribution in [3.8, 4) is 11.1 Å². The van der Waals surface area contributed by atoms with Gasteiger partial charge in [0, 0.05) is 23.2 Å². The molecule has 1 nitrogen and oxygen atoms in total. The van der Waals surface area contributed by atoms with Crippen LogP contribution in [-0.2, 0) is 6.54 Å². The summed E-state index contributed by atoms with van der Waals surface area (Å²) in [5, 5.41) is 4.20. The predicted molar refractivity (Wildman–Crippen MR) is 78.9 cm³/mol. The van der Waals surface area contributed by atoms with Crippen LogP contribution >= 0.6 is 11.6 Å². The summed E-state index contributed by atoms with van der Waals surface area (Å²) < 4.78 is 0. The third kappa shape index (κ3) is 3.34. The highest BCUT2D eigenvalue weighted by atomic mass is 35.5. The van der Waals surface area contributed by atoms with Crippen molar-refractivity contribution >= 4 is 11.6 Å². The van der Waals surface area contributed by atoms with Gasteiger partial charge < -0.3 is 5.32 Å². The van der Waals surface area contributed by atoms with E-state index in [1.807, 2.05) is 24.3 Å². The smallest absolute Gasteiger partial charge is 0.0484 e. The molecule has 1 N–H and O–H groups in total. The van der Waals surface area contributed by atoms with Gasteiger partial charge in [-0.05, 0) is 17.2 Å². The third-order valence-corrected chi connectivity index (χ3v) is 3.18. The van der Waals surface area contributed by atoms with Crippen molar-refractivity contribution in [1.82, 2.24) is 5.32 Å². The minimum absolute atomic E-state index is 0.508. The summed E-state index contributed by atoms with van der Waals surface area (Å²) in [4.78, 5) is 0. The zero-order valence-electron chi connectivity index (χ0n) is 10.8. The van der Waals surface area contributed by atoms with Crippen LogP contribution in [0.5, 0.6) is 0 Å². The molecule has 0 spiro atoms. The monoisotopic (exact) mass is 259 g/mol. The van der Waals surface area contributed by atoms with Gasteiger partial charge in [0.05, 0.1) is 0 Å². The molecule has 2 rings (SSSR count). The van der Waals surface area contributed by atoms with E-state index in [-0.39, 0.29) is 0 Å². The summed E-state index contributed by atoms with van der Waals surface area (Å²) in [6, 6.07) is 17.0. The van der Waals surface area contributed by atoms with E-state index in [1.54, 1.807) is 0 Å². The molecular formula is C16H18ClN. The largest absolute Gasteiger partial charge is 0.310 e. The Balaban J connectivity index is 2.15. The second kappa shape index (κ2) is 6.03. The molecule has 0 bridgehead atoms. The Hall–Kier alpha value is -1.31. The van der Waals surface area contributed by atoms with E-state index in [0.29, 0.717) is 6.04 Å². The van der Waals surface area contributed by atoms with Gasteiger partial charge in [-0.15, -0.1) is 0 Å². The summed E-state index contributed by atoms with van der Waals surface area (Å²) in [5.41, 5.74) is 3.54. The Labute approximate surface area is 114 Å². The van der Waals surface area contributed by atoms with E-state index in [9.17, 15) is 0 Å². The fourth-order valence-electron chi connectivity index (χ4n) is 1.82. The van der Waals surface area contributed by atoms with Crippen LogP contribution in [0.15, 0.2) is 48.5 Å². The highest BCUT2D eigenvalue weighted by Crippen LogP contribution is 2.27. The van der Waals surface area contributed by atoms with Crippen LogP contribution in [0.3, 0.4) is 0 Å². The molecule has 0 aromatic heterocycles. The van der Waals surface area contributed by atoms with Crippen LogP contribution in [0.1, 0.15) is 19.4 Å². The number of nitrogens with one attached hydrogen (secondary N) is 1. The minimum atomic E-state index is 0.508. The van der Waals surface area contributed by atoms with Gasteiger partial charge in [-0.1, -0.05) is 67.9 Å². The summed E-state index contributed by atoms with van der Waals surface area (Å²) >= 11 is 6.19. The van der Waals surface area contributed by atoms with Gasteiger partial charge in [0.2, 0.25) is 0 Å². The fourth-order valence-corrected chi connectivity index (χ4v) is 2.06. The maximum absolute atomic E-state index is 6.19. The number of benzene rings is 2. The Morgan fingerprint density at radius 3 is 2.28 bits per heavy atom. The molecule has 2 aromatic rings. The van der Waals surface area contributed by atoms with Gasteiger partial charge in [-0.3, -0.25) is 0 Å². The van der Waals surface area contributed by atoms with Crippen LogP contribution in [-0.4, -0.2) is 6.04 Å². The first-order chi connectivity index (χ1) is 8.66. The van der Waals surface area contributed by atoms with Crippen molar-refractivity contribution < 1.29 is 0 Å². The first kappa shape index (κ1) is 13.1. The van der Waals surface area contributed by atoms with Gasteiger partial charge in [0.15, 0.2) is 0 Å². The third-order valence-electron chi connectivity index (χ3n) is 2.85. The number of rotatable bonds is 4. The molecule has 2 aromatic carbocycles. The molecule has 0 fully saturated rings. The van der Waals surface area contributed by atoms with Crippen LogP contribution in [0.2, 0.25) is 5.02 Å². The maximum Gasteiger partial charge on any atom is 0.0484 e. The van der Waals surface area contributed by atoms with Crippen molar-refractivity contribution in [3.05, 3.63) is 59.1 Å². The molecule has 0 saturated carbocycles. The fraction of sp³-hybridized carbons (Fsp3) is 0.250. The molecule has 2 heteroatoms. The van der Waals surface area contributed by atoms with Crippen LogP contribution in [0, 0.1) is 0 Å². The molecule has 0 heterocycles. The lowest BCUT2D eigenvalue weighted by Crippen LogP contribution is -2.21. The van der Waals surface area contributed by atoms with Crippen molar-refractivity contribution in [2.75, 3.05) is 0 Å². The Bertz CT molecular complexity index is 503. The first-order valence-electron chi connectivity index (χ1n) is 6.24. The average Bonchev–Trinajstić information content (AvgIpc) is 2.38. The summed E-state index contributed by atoms with van der Waals surface area (Å²) in [7, 11) is 0. The summed E-state index contributed by atoms with van der Waals surface area (Å²) in [6.45, 7) is 5.21. The lowest BCUT2D eigenvalue weighted by molar-refractivity contribution is 0.589. The Kier molecular flexibility index (Phi) is 4.40. The molecule has 0 aliphatic carbocycles. The number of hydrogen-bond acceptors (Lipinski definition) is 1. The summed E-state index contributed by atoms with van der Waals surface area (Å²) in [5.74, 6) is 0. The lowest BCUT2D eigenvalue weighted by Gasteiger charge is -2.09. The molecule has 0 radical (unpaired) electrons. The molecule has 0 aliphatic rings. The second-order valence-electron chi connectivity index (χ2n) is 4.71. The van der Waals surface area contributed by atoms with Crippen molar-refractivity contribution in [2.24, 2.45) is 0 Å². The van der Waals surface area contributed by atoms with E-state index in [2.05, 4.69) is 43.4 Å². The zero-order valence-corrected chi connectivity index (χ0v) is 11.5. The van der Waals surface area contributed by atoms with E-state index < -0.39 is 0 Å². The second-order valence-corrected chi connectivity index (χ2v) is 5.12. The SMILES string of the molecule is CC(C)NCc1ccc(-c2ccccc2Cl)cc1. The topological polar surface area (TPSA) is 12.0 Å². The van der Waals surface area contributed by atoms with E-state index >= 15 is 0 Å². The van der Waals surface area contributed by atoms with E-state index in [1.165, 1.54) is 5.56 Å². The standard InChI is InChI=1S/C16H18ClN/c1-12(2)18-11-13-7-9-14(10-8-13)15-5-3-4-6-16(15)17/h3-10,12,18H,11H2,1-2H3. The maximum atomic E-state index is 6.19. The van der Waals surface area contributed by atoms with E-state index in [0.717, 1.165) is 22.7 Å². The van der Waals surface area contributed by atoms with Crippen LogP contribution < -0.4 is 5.32 Å². The van der Waals surface area contributed by atoms with Crippen LogP contribution in [0.25, 0.3) is 11.1 Å². The van der Waals surface area contributed by atoms with Crippen LogP contribution in [0.4, 0.5) is 0 Å². The quantitative estimate of drug-likeness (QED) is 0.852. The van der Waals surface area contributed by atoms with Crippen molar-refractivity contribution in [2.45, 2.75) is 26.4 Å². The Morgan fingerprint density at radius 1 is 1.00 bits per heavy atom. The molecule has 94 valence electrons. The first-order valence-corrected chi connectivity index (χ1v) is 6.62. The van der Waals surface area contributed by atoms with E-state index in [4.69, 9.17) is 11.6 Å². The predicted octanol–water partition coefficient (Wildman–Crippen LogP) is 4.51. The zero-order chi connectivity index (χ0) is 13.0. The van der Waals surface area contributed by atoms with Gasteiger partial charge in [-0.2, -0.15) is 0 Å². The van der Waals surface area contributed by atoms with Gasteiger partial charge in [-0.25, -0.2) is 0 Å². The molecular weight excluding hydrogens is 242 g/mol. The molecule has 0 atom stereocenters. The van der Waals surface area contributed by atoms with Crippen molar-refractivity contribution in [3.63, 3.8) is 0 Å². The lowest BCUT2D eigenvalue weighted by atomic mass is 10.0. The average molecular weight is 260 g/mol. The summed E-state index contributed by atoms with van der Waals surface area (Å²) in [6.07, 6.45) is 0. The van der Waals surface area contributed by atoms with Gasteiger partial charge in [0.1, 0.15) is 0 Å². The highest BCUT2D eigenvalue weighted by Gasteiger charge is 2.02.